The fourth-order valence-corrected chi connectivity index (χ4v) is 3.70. The van der Waals surface area contributed by atoms with Crippen molar-refractivity contribution in [3.63, 3.8) is 0 Å². The summed E-state index contributed by atoms with van der Waals surface area (Å²) >= 11 is 0. The van der Waals surface area contributed by atoms with E-state index in [9.17, 15) is 29.1 Å². The molecule has 37 heavy (non-hydrogen) atoms. The summed E-state index contributed by atoms with van der Waals surface area (Å²) in [6.45, 7) is 6.22. The summed E-state index contributed by atoms with van der Waals surface area (Å²) in [5.74, 6) is -2.19. The number of hydrogen-bond donors (Lipinski definition) is 3. The predicted octanol–water partition coefficient (Wildman–Crippen LogP) is 0.941. The van der Waals surface area contributed by atoms with Crippen molar-refractivity contribution in [3.8, 4) is 0 Å². The molecule has 12 heteroatoms. The molecule has 202 valence electrons. The molecule has 0 spiro atoms. The lowest BCUT2D eigenvalue weighted by Crippen LogP contribution is -2.56. The molecular formula is C25H34N4O8. The Morgan fingerprint density at radius 2 is 1.89 bits per heavy atom. The number of benzene rings is 1. The van der Waals surface area contributed by atoms with E-state index >= 15 is 0 Å². The van der Waals surface area contributed by atoms with Gasteiger partial charge in [0.2, 0.25) is 5.91 Å². The van der Waals surface area contributed by atoms with E-state index in [4.69, 9.17) is 9.47 Å². The normalized spacial score (nSPS) is 16.5. The van der Waals surface area contributed by atoms with Crippen LogP contribution >= 0.6 is 0 Å². The van der Waals surface area contributed by atoms with Gasteiger partial charge in [0.25, 0.3) is 5.91 Å². The lowest BCUT2D eigenvalue weighted by molar-refractivity contribution is -0.143. The molecule has 1 saturated heterocycles. The number of nitrogens with one attached hydrogen (secondary N) is 2. The zero-order valence-corrected chi connectivity index (χ0v) is 21.1. The molecular weight excluding hydrogens is 484 g/mol. The van der Waals surface area contributed by atoms with Gasteiger partial charge in [-0.25, -0.2) is 14.5 Å². The minimum absolute atomic E-state index is 0.0954. The van der Waals surface area contributed by atoms with Gasteiger partial charge in [0, 0.05) is 6.54 Å². The molecule has 1 aromatic rings. The number of carbonyl (C=O) groups excluding carboxylic acids is 5. The Labute approximate surface area is 215 Å². The third-order valence-corrected chi connectivity index (χ3v) is 5.51. The SMILES string of the molecule is C=CCNC(=O)C(O)C(CCC)NC(=O)[C@@H]1CN(CC(=O)OCC)C(=O)N1C(=O)OCc1ccccc1. The molecule has 5 amide bonds. The van der Waals surface area contributed by atoms with E-state index in [1.165, 1.54) is 6.08 Å². The Kier molecular flexibility index (Phi) is 11.6. The van der Waals surface area contributed by atoms with Gasteiger partial charge in [0.15, 0.2) is 6.10 Å². The number of nitrogens with zero attached hydrogens (tertiary/aromatic N) is 2. The third kappa shape index (κ3) is 8.31. The van der Waals surface area contributed by atoms with Crippen LogP contribution in [0, 0.1) is 0 Å². The molecule has 1 fully saturated rings. The molecule has 0 saturated carbocycles. The number of urea groups is 1. The average Bonchev–Trinajstić information content (AvgIpc) is 3.21. The van der Waals surface area contributed by atoms with Gasteiger partial charge in [0.1, 0.15) is 19.2 Å². The lowest BCUT2D eigenvalue weighted by atomic mass is 10.0. The minimum Gasteiger partial charge on any atom is -0.465 e. The van der Waals surface area contributed by atoms with Gasteiger partial charge in [0.05, 0.1) is 19.2 Å². The van der Waals surface area contributed by atoms with E-state index < -0.39 is 54.6 Å². The maximum atomic E-state index is 13.2. The van der Waals surface area contributed by atoms with Crippen molar-refractivity contribution < 1.29 is 38.6 Å². The number of aliphatic hydroxyl groups is 1. The maximum Gasteiger partial charge on any atom is 0.419 e. The van der Waals surface area contributed by atoms with Crippen LogP contribution in [0.3, 0.4) is 0 Å². The molecule has 2 unspecified atom stereocenters. The Morgan fingerprint density at radius 3 is 2.51 bits per heavy atom. The van der Waals surface area contributed by atoms with Crippen LogP contribution in [0.15, 0.2) is 43.0 Å². The first-order valence-corrected chi connectivity index (χ1v) is 12.0. The van der Waals surface area contributed by atoms with E-state index in [1.54, 1.807) is 44.2 Å². The molecule has 3 N–H and O–H groups in total. The van der Waals surface area contributed by atoms with E-state index in [1.807, 2.05) is 0 Å². The van der Waals surface area contributed by atoms with Crippen molar-refractivity contribution in [1.82, 2.24) is 20.4 Å². The van der Waals surface area contributed by atoms with Crippen LogP contribution in [0.4, 0.5) is 9.59 Å². The number of aliphatic hydroxyl groups excluding tert-OH is 1. The van der Waals surface area contributed by atoms with E-state index in [0.29, 0.717) is 16.9 Å². The van der Waals surface area contributed by atoms with Crippen molar-refractivity contribution in [1.29, 1.82) is 0 Å². The van der Waals surface area contributed by atoms with Crippen LogP contribution in [0.1, 0.15) is 32.3 Å². The van der Waals surface area contributed by atoms with Crippen LogP contribution in [0.2, 0.25) is 0 Å². The van der Waals surface area contributed by atoms with Crippen LogP contribution in [0.25, 0.3) is 0 Å². The molecule has 3 atom stereocenters. The predicted molar refractivity (Wildman–Crippen MR) is 132 cm³/mol. The van der Waals surface area contributed by atoms with Crippen LogP contribution in [-0.2, 0) is 30.5 Å². The molecule has 0 aromatic heterocycles. The van der Waals surface area contributed by atoms with Gasteiger partial charge in [-0.1, -0.05) is 49.8 Å². The lowest BCUT2D eigenvalue weighted by Gasteiger charge is -2.26. The number of hydrogen-bond acceptors (Lipinski definition) is 8. The van der Waals surface area contributed by atoms with E-state index in [-0.39, 0.29) is 32.7 Å². The molecule has 1 aliphatic rings. The largest absolute Gasteiger partial charge is 0.465 e. The van der Waals surface area contributed by atoms with Crippen molar-refractivity contribution in [2.75, 3.05) is 26.2 Å². The highest BCUT2D eigenvalue weighted by atomic mass is 16.6. The monoisotopic (exact) mass is 518 g/mol. The highest BCUT2D eigenvalue weighted by molar-refractivity contribution is 6.01. The Hall–Kier alpha value is -3.93. The Bertz CT molecular complexity index is 971. The topological polar surface area (TPSA) is 155 Å². The number of amides is 5. The smallest absolute Gasteiger partial charge is 0.419 e. The number of rotatable bonds is 13. The summed E-state index contributed by atoms with van der Waals surface area (Å²) in [6, 6.07) is 5.50. The van der Waals surface area contributed by atoms with Gasteiger partial charge in [-0.15, -0.1) is 6.58 Å². The Balaban J connectivity index is 2.21. The summed E-state index contributed by atoms with van der Waals surface area (Å²) in [6.07, 6.45) is -0.427. The van der Waals surface area contributed by atoms with Gasteiger partial charge >= 0.3 is 18.1 Å². The summed E-state index contributed by atoms with van der Waals surface area (Å²) < 4.78 is 10.1. The second kappa shape index (κ2) is 14.6. The molecule has 0 aliphatic carbocycles. The number of imide groups is 1. The molecule has 0 radical (unpaired) electrons. The quantitative estimate of drug-likeness (QED) is 0.257. The highest BCUT2D eigenvalue weighted by Crippen LogP contribution is 2.19. The maximum absolute atomic E-state index is 13.2. The third-order valence-electron chi connectivity index (χ3n) is 5.51. The summed E-state index contributed by atoms with van der Waals surface area (Å²) in [5.41, 5.74) is 0.670. The molecule has 1 aromatic carbocycles. The van der Waals surface area contributed by atoms with Crippen LogP contribution in [-0.4, -0.2) is 89.2 Å². The summed E-state index contributed by atoms with van der Waals surface area (Å²) in [4.78, 5) is 65.0. The van der Waals surface area contributed by atoms with Crippen LogP contribution < -0.4 is 10.6 Å². The molecule has 1 aliphatic heterocycles. The van der Waals surface area contributed by atoms with Crippen molar-refractivity contribution in [2.45, 2.75) is 51.5 Å². The molecule has 2 rings (SSSR count). The first kappa shape index (κ1) is 29.3. The zero-order valence-electron chi connectivity index (χ0n) is 21.1. The highest BCUT2D eigenvalue weighted by Gasteiger charge is 2.47. The van der Waals surface area contributed by atoms with Crippen molar-refractivity contribution in [3.05, 3.63) is 48.6 Å². The Morgan fingerprint density at radius 1 is 1.19 bits per heavy atom. The van der Waals surface area contributed by atoms with E-state index in [2.05, 4.69) is 17.2 Å². The van der Waals surface area contributed by atoms with Crippen LogP contribution in [0.5, 0.6) is 0 Å². The average molecular weight is 519 g/mol. The number of ether oxygens (including phenoxy) is 2. The van der Waals surface area contributed by atoms with Crippen molar-refractivity contribution in [2.24, 2.45) is 0 Å². The van der Waals surface area contributed by atoms with Crippen molar-refractivity contribution >= 4 is 29.9 Å². The second-order valence-electron chi connectivity index (χ2n) is 8.28. The van der Waals surface area contributed by atoms with Gasteiger partial charge < -0.3 is 30.1 Å². The van der Waals surface area contributed by atoms with Gasteiger partial charge in [-0.3, -0.25) is 14.4 Å². The minimum atomic E-state index is -1.57. The molecule has 12 nitrogen and oxygen atoms in total. The second-order valence-corrected chi connectivity index (χ2v) is 8.28. The standard InChI is InChI=1S/C25H34N4O8/c1-4-10-18(21(31)23(33)26-13-5-2)27-22(32)19-14-28(15-20(30)36-6-3)24(34)29(19)25(35)37-16-17-11-8-7-9-12-17/h5,7-9,11-12,18-19,21,31H,2,4,6,10,13-16H2,1,3H3,(H,26,33)(H,27,32)/t18?,19-,21?/m0/s1. The molecule has 0 bridgehead atoms. The number of esters is 1. The summed E-state index contributed by atoms with van der Waals surface area (Å²) in [7, 11) is 0. The molecule has 1 heterocycles. The first-order valence-electron chi connectivity index (χ1n) is 12.0. The fraction of sp³-hybridized carbons (Fsp3) is 0.480. The summed E-state index contributed by atoms with van der Waals surface area (Å²) in [5, 5.41) is 15.5. The van der Waals surface area contributed by atoms with Gasteiger partial charge in [-0.05, 0) is 18.9 Å². The van der Waals surface area contributed by atoms with E-state index in [0.717, 1.165) is 4.90 Å². The number of carbonyl (C=O) groups is 5. The fourth-order valence-electron chi connectivity index (χ4n) is 3.70. The van der Waals surface area contributed by atoms with Gasteiger partial charge in [-0.2, -0.15) is 0 Å². The zero-order chi connectivity index (χ0) is 27.4. The first-order chi connectivity index (χ1) is 17.7.